The van der Waals surface area contributed by atoms with E-state index in [0.717, 1.165) is 38.2 Å². The minimum atomic E-state index is -1.32. The molecular weight excluding hydrogens is 511 g/mol. The summed E-state index contributed by atoms with van der Waals surface area (Å²) >= 11 is 8.25. The molecule has 1 fully saturated rings. The fourth-order valence-electron chi connectivity index (χ4n) is 5.20. The highest BCUT2D eigenvalue weighted by atomic mass is 35.5. The molecule has 1 saturated heterocycles. The average Bonchev–Trinajstić information content (AvgIpc) is 2.89. The number of rotatable bonds is 11. The van der Waals surface area contributed by atoms with Gasteiger partial charge in [0.05, 0.1) is 24.1 Å². The van der Waals surface area contributed by atoms with Gasteiger partial charge in [0.1, 0.15) is 11.9 Å². The molecule has 0 unspecified atom stereocenters. The molecule has 2 heterocycles. The van der Waals surface area contributed by atoms with Crippen LogP contribution in [0, 0.1) is 12.3 Å². The lowest BCUT2D eigenvalue weighted by molar-refractivity contribution is -0.141. The Hall–Kier alpha value is -2.35. The van der Waals surface area contributed by atoms with Crippen LogP contribution < -0.4 is 4.74 Å². The molecule has 37 heavy (non-hydrogen) atoms. The minimum Gasteiger partial charge on any atom is -0.497 e. The van der Waals surface area contributed by atoms with Crippen LogP contribution in [0.3, 0.4) is 0 Å². The summed E-state index contributed by atoms with van der Waals surface area (Å²) in [5.41, 5.74) is 1.90. The molecule has 0 radical (unpaired) electrons. The number of aryl methyl sites for hydroxylation is 1. The van der Waals surface area contributed by atoms with Gasteiger partial charge in [0.2, 0.25) is 0 Å². The molecule has 2 aromatic carbocycles. The van der Waals surface area contributed by atoms with Gasteiger partial charge in [-0.3, -0.25) is 9.78 Å². The lowest BCUT2D eigenvalue weighted by Gasteiger charge is -2.41. The van der Waals surface area contributed by atoms with Crippen LogP contribution in [0.2, 0.25) is 5.02 Å². The number of carbonyl (C=O) groups is 1. The molecule has 1 aromatic heterocycles. The normalized spacial score (nSPS) is 16.5. The van der Waals surface area contributed by atoms with Gasteiger partial charge in [0, 0.05) is 34.3 Å². The largest absolute Gasteiger partial charge is 0.497 e. The number of carboxylic acid groups (broad SMARTS) is 1. The second-order valence-electron chi connectivity index (χ2n) is 9.98. The molecule has 1 aliphatic heterocycles. The van der Waals surface area contributed by atoms with E-state index in [1.807, 2.05) is 11.8 Å². The predicted molar refractivity (Wildman–Crippen MR) is 149 cm³/mol. The van der Waals surface area contributed by atoms with Crippen molar-refractivity contribution in [1.82, 2.24) is 9.88 Å². The Balaban J connectivity index is 1.38. The number of halogens is 2. The molecule has 3 aromatic rings. The number of pyridine rings is 1. The van der Waals surface area contributed by atoms with Crippen molar-refractivity contribution in [2.75, 3.05) is 32.5 Å². The van der Waals surface area contributed by atoms with Crippen LogP contribution in [0.15, 0.2) is 53.6 Å². The molecule has 8 heteroatoms. The third-order valence-electron chi connectivity index (χ3n) is 7.45. The fourth-order valence-corrected chi connectivity index (χ4v) is 6.39. The minimum absolute atomic E-state index is 0.0598. The maximum atomic E-state index is 15.7. The van der Waals surface area contributed by atoms with E-state index in [0.29, 0.717) is 28.6 Å². The summed E-state index contributed by atoms with van der Waals surface area (Å²) < 4.78 is 21.1. The van der Waals surface area contributed by atoms with Gasteiger partial charge in [0.25, 0.3) is 0 Å². The zero-order valence-electron chi connectivity index (χ0n) is 21.4. The Morgan fingerprint density at radius 1 is 1.24 bits per heavy atom. The van der Waals surface area contributed by atoms with Crippen LogP contribution in [0.4, 0.5) is 4.39 Å². The van der Waals surface area contributed by atoms with E-state index in [2.05, 4.69) is 41.1 Å². The van der Waals surface area contributed by atoms with E-state index in [1.165, 1.54) is 16.7 Å². The molecule has 1 atom stereocenters. The summed E-state index contributed by atoms with van der Waals surface area (Å²) in [6.45, 7) is 4.69. The number of nitrogens with zero attached hydrogens (tertiary/aromatic N) is 2. The number of hydrogen-bond acceptors (Lipinski definition) is 5. The van der Waals surface area contributed by atoms with Crippen molar-refractivity contribution in [2.24, 2.45) is 5.41 Å². The molecule has 5 nitrogen and oxygen atoms in total. The van der Waals surface area contributed by atoms with Crippen molar-refractivity contribution in [3.63, 3.8) is 0 Å². The monoisotopic (exact) mass is 544 g/mol. The molecule has 0 amide bonds. The first-order valence-corrected chi connectivity index (χ1v) is 14.0. The summed E-state index contributed by atoms with van der Waals surface area (Å²) in [6, 6.07) is 13.9. The first-order chi connectivity index (χ1) is 17.8. The number of benzene rings is 2. The predicted octanol–water partition coefficient (Wildman–Crippen LogP) is 7.35. The van der Waals surface area contributed by atoms with Crippen molar-refractivity contribution in [3.8, 4) is 5.75 Å². The number of aromatic nitrogens is 1. The number of hydrogen-bond donors (Lipinski definition) is 1. The summed E-state index contributed by atoms with van der Waals surface area (Å²) in [5, 5.41) is 10.6. The summed E-state index contributed by atoms with van der Waals surface area (Å²) in [5.74, 6) is 0.773. The van der Waals surface area contributed by atoms with Crippen molar-refractivity contribution >= 4 is 40.2 Å². The van der Waals surface area contributed by atoms with Crippen LogP contribution in [-0.4, -0.2) is 53.5 Å². The fraction of sp³-hybridized carbons (Fsp3) is 0.448. The number of aliphatic carboxylic acids is 1. The van der Waals surface area contributed by atoms with E-state index < -0.39 is 17.6 Å². The zero-order chi connectivity index (χ0) is 26.4. The number of fused-ring (bicyclic) bond motifs is 1. The second-order valence-corrected chi connectivity index (χ2v) is 11.6. The molecular formula is C29H34ClFN2O3S. The Bertz CT molecular complexity index is 1220. The van der Waals surface area contributed by atoms with Crippen LogP contribution in [0.1, 0.15) is 49.4 Å². The van der Waals surface area contributed by atoms with Gasteiger partial charge in [-0.15, -0.1) is 11.8 Å². The van der Waals surface area contributed by atoms with Gasteiger partial charge in [-0.05, 0) is 81.4 Å². The van der Waals surface area contributed by atoms with E-state index in [4.69, 9.17) is 16.3 Å². The molecule has 0 aliphatic carbocycles. The second kappa shape index (κ2) is 12.5. The smallest absolute Gasteiger partial charge is 0.303 e. The lowest BCUT2D eigenvalue weighted by Crippen LogP contribution is -2.42. The van der Waals surface area contributed by atoms with Crippen LogP contribution in [0.5, 0.6) is 5.75 Å². The van der Waals surface area contributed by atoms with Gasteiger partial charge in [-0.2, -0.15) is 0 Å². The van der Waals surface area contributed by atoms with E-state index in [-0.39, 0.29) is 17.9 Å². The van der Waals surface area contributed by atoms with Gasteiger partial charge < -0.3 is 14.7 Å². The quantitative estimate of drug-likeness (QED) is 0.255. The van der Waals surface area contributed by atoms with Gasteiger partial charge >= 0.3 is 5.97 Å². The van der Waals surface area contributed by atoms with Crippen molar-refractivity contribution in [1.29, 1.82) is 0 Å². The highest BCUT2D eigenvalue weighted by Crippen LogP contribution is 2.44. The molecule has 0 saturated carbocycles. The van der Waals surface area contributed by atoms with Gasteiger partial charge in [-0.1, -0.05) is 29.3 Å². The van der Waals surface area contributed by atoms with Crippen LogP contribution >= 0.6 is 23.4 Å². The number of ether oxygens (including phenoxy) is 1. The third kappa shape index (κ3) is 7.15. The lowest BCUT2D eigenvalue weighted by atomic mass is 9.71. The standard InChI is InChI=1S/C29H34ClFN2O3S/c1-20-3-6-22(7-4-20)37-16-15-33-13-11-29(12-14-33,18-27(34)35)10-9-25(31)28-23-17-21(36-2)5-8-26(23)32-19-24(28)30/h3-8,17,19,25H,9-16,18H2,1-2H3,(H,34,35)/t25-/m0/s1. The number of alkyl halides is 1. The molecule has 0 bridgehead atoms. The zero-order valence-corrected chi connectivity index (χ0v) is 23.0. The maximum absolute atomic E-state index is 15.7. The molecule has 1 N–H and O–H groups in total. The highest BCUT2D eigenvalue weighted by Gasteiger charge is 2.37. The number of piperidine rings is 1. The SMILES string of the molecule is COc1ccc2ncc(Cl)c([C@@H](F)CCC3(CC(=O)O)CCN(CCSc4ccc(C)cc4)CC3)c2c1. The highest BCUT2D eigenvalue weighted by molar-refractivity contribution is 7.99. The number of likely N-dealkylation sites (tertiary alicyclic amines) is 1. The Kier molecular flexibility index (Phi) is 9.32. The van der Waals surface area contributed by atoms with Gasteiger partial charge in [-0.25, -0.2) is 4.39 Å². The van der Waals surface area contributed by atoms with Crippen molar-refractivity contribution in [2.45, 2.75) is 50.1 Å². The molecule has 1 aliphatic rings. The molecule has 0 spiro atoms. The van der Waals surface area contributed by atoms with Crippen molar-refractivity contribution in [3.05, 3.63) is 64.8 Å². The Morgan fingerprint density at radius 3 is 2.65 bits per heavy atom. The number of methoxy groups -OCH3 is 1. The topological polar surface area (TPSA) is 62.7 Å². The summed E-state index contributed by atoms with van der Waals surface area (Å²) in [4.78, 5) is 19.7. The van der Waals surface area contributed by atoms with Gasteiger partial charge in [0.15, 0.2) is 0 Å². The average molecular weight is 545 g/mol. The molecule has 198 valence electrons. The van der Waals surface area contributed by atoms with E-state index >= 15 is 4.39 Å². The summed E-state index contributed by atoms with van der Waals surface area (Å²) in [6.07, 6.45) is 2.44. The third-order valence-corrected chi connectivity index (χ3v) is 8.74. The van der Waals surface area contributed by atoms with Crippen molar-refractivity contribution < 1.29 is 19.0 Å². The van der Waals surface area contributed by atoms with Crippen LogP contribution in [-0.2, 0) is 4.79 Å². The number of carboxylic acids is 1. The molecule has 4 rings (SSSR count). The maximum Gasteiger partial charge on any atom is 0.303 e. The van der Waals surface area contributed by atoms with Crippen LogP contribution in [0.25, 0.3) is 10.9 Å². The Labute approximate surface area is 227 Å². The first-order valence-electron chi connectivity index (χ1n) is 12.7. The first kappa shape index (κ1) is 27.7. The Morgan fingerprint density at radius 2 is 1.97 bits per heavy atom. The van der Waals surface area contributed by atoms with E-state index in [1.54, 1.807) is 25.3 Å². The number of thioether (sulfide) groups is 1. The summed E-state index contributed by atoms with van der Waals surface area (Å²) in [7, 11) is 1.56. The van der Waals surface area contributed by atoms with E-state index in [9.17, 15) is 9.90 Å².